The summed E-state index contributed by atoms with van der Waals surface area (Å²) in [6, 6.07) is 32.5. The van der Waals surface area contributed by atoms with Crippen molar-refractivity contribution in [2.75, 3.05) is 54.8 Å². The molecule has 0 aliphatic heterocycles. The highest BCUT2D eigenvalue weighted by Crippen LogP contribution is 2.49. The predicted octanol–water partition coefficient (Wildman–Crippen LogP) is 12.1. The number of benzene rings is 4. The van der Waals surface area contributed by atoms with Crippen molar-refractivity contribution < 1.29 is 42.2 Å². The fourth-order valence-electron chi connectivity index (χ4n) is 6.76. The Morgan fingerprint density at radius 2 is 1.35 bits per heavy atom. The molecule has 0 saturated carbocycles. The van der Waals surface area contributed by atoms with E-state index in [1.165, 1.54) is 0 Å². The molecule has 0 radical (unpaired) electrons. The number of hydrogen-bond donors (Lipinski definition) is 2. The van der Waals surface area contributed by atoms with Crippen LogP contribution in [0.15, 0.2) is 103 Å². The van der Waals surface area contributed by atoms with Gasteiger partial charge in [-0.15, -0.1) is 0 Å². The summed E-state index contributed by atoms with van der Waals surface area (Å²) in [5.41, 5.74) is 6.16. The van der Waals surface area contributed by atoms with Crippen molar-refractivity contribution in [1.82, 2.24) is 0 Å². The van der Waals surface area contributed by atoms with Crippen molar-refractivity contribution in [2.45, 2.75) is 92.6 Å². The highest BCUT2D eigenvalue weighted by molar-refractivity contribution is 7.53. The van der Waals surface area contributed by atoms with Crippen LogP contribution in [0.1, 0.15) is 94.9 Å². The summed E-state index contributed by atoms with van der Waals surface area (Å²) in [5, 5.41) is 6.00. The van der Waals surface area contributed by atoms with E-state index in [9.17, 15) is 18.9 Å². The second-order valence-electron chi connectivity index (χ2n) is 16.3. The molecule has 2 N–H and O–H groups in total. The van der Waals surface area contributed by atoms with Crippen molar-refractivity contribution >= 4 is 42.8 Å². The first-order chi connectivity index (χ1) is 29.8. The number of rotatable bonds is 26. The van der Waals surface area contributed by atoms with Gasteiger partial charge in [0, 0.05) is 18.8 Å². The molecule has 2 atom stereocenters. The zero-order valence-corrected chi connectivity index (χ0v) is 38.2. The van der Waals surface area contributed by atoms with Gasteiger partial charge in [-0.1, -0.05) is 119 Å². The Bertz CT molecular complexity index is 1940. The van der Waals surface area contributed by atoms with E-state index in [4.69, 9.17) is 23.3 Å². The minimum absolute atomic E-state index is 0.0452. The van der Waals surface area contributed by atoms with E-state index in [0.717, 1.165) is 41.0 Å². The minimum atomic E-state index is -3.37. The molecule has 12 nitrogen and oxygen atoms in total. The third-order valence-corrected chi connectivity index (χ3v) is 11.8. The molecule has 0 aliphatic carbocycles. The van der Waals surface area contributed by atoms with Crippen molar-refractivity contribution in [3.05, 3.63) is 125 Å². The molecule has 4 aromatic carbocycles. The van der Waals surface area contributed by atoms with E-state index in [1.54, 1.807) is 0 Å². The van der Waals surface area contributed by atoms with Crippen LogP contribution in [0.5, 0.6) is 0 Å². The fourth-order valence-corrected chi connectivity index (χ4v) is 8.38. The topological polar surface area (TPSA) is 142 Å². The summed E-state index contributed by atoms with van der Waals surface area (Å²) in [5.74, 6) is 0.0295. The van der Waals surface area contributed by atoms with Crippen molar-refractivity contribution in [1.29, 1.82) is 0 Å². The molecule has 336 valence electrons. The maximum absolute atomic E-state index is 13.7. The lowest BCUT2D eigenvalue weighted by atomic mass is 9.92. The molecule has 0 saturated heterocycles. The number of amides is 2. The van der Waals surface area contributed by atoms with Gasteiger partial charge >= 0.3 is 25.8 Å². The van der Waals surface area contributed by atoms with Gasteiger partial charge in [0.2, 0.25) is 6.79 Å². The quantitative estimate of drug-likeness (QED) is 0.0271. The number of nitrogens with zero attached hydrogens (tertiary/aromatic N) is 1. The molecule has 0 fully saturated rings. The zero-order valence-electron chi connectivity index (χ0n) is 37.3. The second kappa shape index (κ2) is 26.3. The number of urea groups is 1. The summed E-state index contributed by atoms with van der Waals surface area (Å²) >= 11 is 0. The smallest absolute Gasteiger partial charge is 0.434 e. The van der Waals surface area contributed by atoms with Crippen LogP contribution in [0, 0.1) is 18.8 Å². The molecular formula is C49H66N3O9P. The number of hydrogen-bond acceptors (Lipinski definition) is 10. The van der Waals surface area contributed by atoms with Crippen LogP contribution in [0.4, 0.5) is 26.7 Å². The van der Waals surface area contributed by atoms with Gasteiger partial charge in [-0.3, -0.25) is 9.36 Å². The van der Waals surface area contributed by atoms with Crippen LogP contribution in [-0.4, -0.2) is 57.4 Å². The van der Waals surface area contributed by atoms with Gasteiger partial charge in [-0.25, -0.2) is 9.59 Å². The van der Waals surface area contributed by atoms with Gasteiger partial charge in [0.1, 0.15) is 0 Å². The minimum Gasteiger partial charge on any atom is -0.434 e. The maximum atomic E-state index is 13.7. The largest absolute Gasteiger partial charge is 0.511 e. The monoisotopic (exact) mass is 871 g/mol. The molecular weight excluding hydrogens is 806 g/mol. The van der Waals surface area contributed by atoms with Crippen LogP contribution >= 0.6 is 7.60 Å². The molecule has 0 aliphatic rings. The van der Waals surface area contributed by atoms with E-state index in [1.807, 2.05) is 117 Å². The molecule has 2 amide bonds. The van der Waals surface area contributed by atoms with E-state index < -0.39 is 26.5 Å². The Morgan fingerprint density at radius 3 is 2.00 bits per heavy atom. The highest BCUT2D eigenvalue weighted by Gasteiger charge is 2.25. The summed E-state index contributed by atoms with van der Waals surface area (Å²) in [6.45, 7) is 14.2. The highest BCUT2D eigenvalue weighted by atomic mass is 31.2. The summed E-state index contributed by atoms with van der Waals surface area (Å²) in [4.78, 5) is 40.8. The molecule has 4 rings (SSSR count). The Balaban J connectivity index is 1.22. The SMILES string of the molecule is CCC(CC(=O)OCOC(=O)OCCCCCOP(=O)(CCc1ccccc1)OCc1ccccc1)c1ccc(N(CC(C)C)CC(C)C)c(NC(=O)Nc2ccc(C)cc2)c1. The molecule has 0 aromatic heterocycles. The normalized spacial score (nSPS) is 12.6. The number of anilines is 3. The first kappa shape index (κ1) is 49.5. The van der Waals surface area contributed by atoms with E-state index >= 15 is 0 Å². The molecule has 2 unspecified atom stereocenters. The van der Waals surface area contributed by atoms with Gasteiger partial charge in [0.05, 0.1) is 43.8 Å². The summed E-state index contributed by atoms with van der Waals surface area (Å²) in [7, 11) is -3.37. The zero-order chi connectivity index (χ0) is 44.7. The number of aryl methyl sites for hydroxylation is 2. The third kappa shape index (κ3) is 18.4. The van der Waals surface area contributed by atoms with Crippen LogP contribution in [0.3, 0.4) is 0 Å². The van der Waals surface area contributed by atoms with Crippen LogP contribution in [0.25, 0.3) is 0 Å². The second-order valence-corrected chi connectivity index (χ2v) is 18.5. The standard InChI is InChI=1S/C49H66N3O9P/c1-7-42(43-23-26-46(52(33-37(2)3)34-38(4)5)45(31-43)51-48(54)50-44-24-21-39(6)22-25-44)32-47(53)58-36-59-49(55)57-28-15-10-16-29-60-62(56,30-27-40-17-11-8-12-18-40)61-35-41-19-13-9-14-20-41/h8-9,11-14,17-26,31,37-38,42H,7,10,15-16,27-30,32-36H2,1-6H3,(H2,50,51,54). The van der Waals surface area contributed by atoms with Gasteiger partial charge in [0.15, 0.2) is 0 Å². The van der Waals surface area contributed by atoms with Crippen LogP contribution < -0.4 is 15.5 Å². The van der Waals surface area contributed by atoms with Gasteiger partial charge < -0.3 is 38.8 Å². The number of unbranched alkanes of at least 4 members (excludes halogenated alkanes) is 2. The molecule has 4 aromatic rings. The first-order valence-electron chi connectivity index (χ1n) is 21.8. The van der Waals surface area contributed by atoms with Crippen molar-refractivity contribution in [2.24, 2.45) is 11.8 Å². The Morgan fingerprint density at radius 1 is 0.710 bits per heavy atom. The lowest BCUT2D eigenvalue weighted by Crippen LogP contribution is -2.32. The van der Waals surface area contributed by atoms with E-state index in [2.05, 4.69) is 43.2 Å². The average molecular weight is 872 g/mol. The lowest BCUT2D eigenvalue weighted by molar-refractivity contribution is -0.153. The van der Waals surface area contributed by atoms with E-state index in [-0.39, 0.29) is 44.4 Å². The molecule has 62 heavy (non-hydrogen) atoms. The number of ether oxygens (including phenoxy) is 3. The van der Waals surface area contributed by atoms with E-state index in [0.29, 0.717) is 55.3 Å². The number of nitrogens with one attached hydrogen (secondary N) is 2. The molecule has 0 spiro atoms. The van der Waals surface area contributed by atoms with Crippen molar-refractivity contribution in [3.63, 3.8) is 0 Å². The maximum Gasteiger partial charge on any atom is 0.511 e. The number of carbonyl (C=O) groups excluding carboxylic acids is 3. The third-order valence-electron chi connectivity index (χ3n) is 9.95. The Hall–Kier alpha value is -5.16. The Kier molecular flexibility index (Phi) is 21.0. The molecule has 0 bridgehead atoms. The number of carbonyl (C=O) groups is 3. The van der Waals surface area contributed by atoms with Crippen LogP contribution in [0.2, 0.25) is 0 Å². The van der Waals surface area contributed by atoms with Gasteiger partial charge in [0.25, 0.3) is 0 Å². The predicted molar refractivity (Wildman–Crippen MR) is 247 cm³/mol. The summed E-state index contributed by atoms with van der Waals surface area (Å²) < 4.78 is 40.8. The molecule has 13 heteroatoms. The number of esters is 1. The summed E-state index contributed by atoms with van der Waals surface area (Å²) in [6.07, 6.45) is 2.34. The van der Waals surface area contributed by atoms with Gasteiger partial charge in [-0.2, -0.15) is 0 Å². The first-order valence-corrected chi connectivity index (χ1v) is 23.5. The van der Waals surface area contributed by atoms with Gasteiger partial charge in [-0.05, 0) is 97.7 Å². The fraction of sp³-hybridized carbons (Fsp3) is 0.449. The van der Waals surface area contributed by atoms with Crippen molar-refractivity contribution in [3.8, 4) is 0 Å². The Labute approximate surface area is 368 Å². The molecule has 0 heterocycles. The average Bonchev–Trinajstić information content (AvgIpc) is 3.25. The van der Waals surface area contributed by atoms with Crippen LogP contribution in [-0.2, 0) is 45.6 Å². The lowest BCUT2D eigenvalue weighted by Gasteiger charge is -2.31.